The first-order chi connectivity index (χ1) is 8.74. The van der Waals surface area contributed by atoms with E-state index < -0.39 is 24.6 Å². The summed E-state index contributed by atoms with van der Waals surface area (Å²) in [6.45, 7) is 0.198. The Morgan fingerprint density at radius 1 is 1.47 bits per heavy atom. The number of carboxylic acid groups (broad SMARTS) is 1. The molecule has 0 unspecified atom stereocenters. The highest BCUT2D eigenvalue weighted by atomic mass is 32.1. The number of alkyl halides is 3. The third-order valence-corrected chi connectivity index (χ3v) is 2.89. The zero-order valence-corrected chi connectivity index (χ0v) is 10.7. The molecule has 0 saturated heterocycles. The van der Waals surface area contributed by atoms with Crippen LogP contribution in [0.5, 0.6) is 0 Å². The Morgan fingerprint density at radius 2 is 2.11 bits per heavy atom. The van der Waals surface area contributed by atoms with Gasteiger partial charge in [0.15, 0.2) is 10.7 Å². The minimum absolute atomic E-state index is 0.0691. The van der Waals surface area contributed by atoms with E-state index in [1.807, 2.05) is 0 Å². The van der Waals surface area contributed by atoms with Crippen LogP contribution in [-0.4, -0.2) is 46.1 Å². The first kappa shape index (κ1) is 15.4. The molecule has 1 amide bonds. The second-order valence-electron chi connectivity index (χ2n) is 3.68. The lowest BCUT2D eigenvalue weighted by molar-refractivity contribution is -0.140. The van der Waals surface area contributed by atoms with Gasteiger partial charge in [-0.05, 0) is 6.42 Å². The fourth-order valence-electron chi connectivity index (χ4n) is 1.34. The maximum atomic E-state index is 12.3. The van der Waals surface area contributed by atoms with E-state index in [9.17, 15) is 22.8 Å². The van der Waals surface area contributed by atoms with Crippen LogP contribution < -0.4 is 0 Å². The Balaban J connectivity index is 2.89. The Hall–Kier alpha value is -1.64. The zero-order valence-electron chi connectivity index (χ0n) is 9.90. The number of thiazole rings is 1. The van der Waals surface area contributed by atoms with Crippen molar-refractivity contribution in [2.24, 2.45) is 0 Å². The van der Waals surface area contributed by atoms with Gasteiger partial charge >= 0.3 is 12.1 Å². The van der Waals surface area contributed by atoms with Crippen LogP contribution in [0.15, 0.2) is 5.38 Å². The van der Waals surface area contributed by atoms with Crippen molar-refractivity contribution in [1.29, 1.82) is 0 Å². The van der Waals surface area contributed by atoms with Crippen molar-refractivity contribution in [3.05, 3.63) is 16.1 Å². The topological polar surface area (TPSA) is 70.5 Å². The summed E-state index contributed by atoms with van der Waals surface area (Å²) in [6, 6.07) is 0. The molecule has 0 aliphatic rings. The molecule has 5 nitrogen and oxygen atoms in total. The average Bonchev–Trinajstić information content (AvgIpc) is 2.75. The Bertz CT molecular complexity index is 473. The second kappa shape index (κ2) is 6.00. The van der Waals surface area contributed by atoms with Crippen LogP contribution in [0.4, 0.5) is 13.2 Å². The smallest absolute Gasteiger partial charge is 0.406 e. The molecule has 1 N–H and O–H groups in total. The van der Waals surface area contributed by atoms with Crippen molar-refractivity contribution < 1.29 is 27.9 Å². The highest BCUT2D eigenvalue weighted by molar-refractivity contribution is 7.11. The van der Waals surface area contributed by atoms with Gasteiger partial charge < -0.3 is 10.0 Å². The monoisotopic (exact) mass is 296 g/mol. The van der Waals surface area contributed by atoms with Gasteiger partial charge in [-0.25, -0.2) is 9.78 Å². The van der Waals surface area contributed by atoms with Crippen LogP contribution in [-0.2, 0) is 0 Å². The van der Waals surface area contributed by atoms with Gasteiger partial charge in [0.1, 0.15) is 6.54 Å². The SMILES string of the molecule is CCCN(CC(F)(F)F)C(=O)c1nc(C(=O)O)cs1. The summed E-state index contributed by atoms with van der Waals surface area (Å²) >= 11 is 0.716. The number of carbonyl (C=O) groups is 2. The third-order valence-electron chi connectivity index (χ3n) is 2.06. The summed E-state index contributed by atoms with van der Waals surface area (Å²) in [6.07, 6.45) is -4.14. The maximum Gasteiger partial charge on any atom is 0.406 e. The lowest BCUT2D eigenvalue weighted by atomic mass is 10.3. The van der Waals surface area contributed by atoms with Crippen LogP contribution in [0.2, 0.25) is 0 Å². The van der Waals surface area contributed by atoms with Crippen molar-refractivity contribution in [2.45, 2.75) is 19.5 Å². The number of amides is 1. The predicted octanol–water partition coefficient (Wildman–Crippen LogP) is 2.26. The molecule has 1 aromatic heterocycles. The van der Waals surface area contributed by atoms with Crippen molar-refractivity contribution in [2.75, 3.05) is 13.1 Å². The van der Waals surface area contributed by atoms with Gasteiger partial charge in [0, 0.05) is 11.9 Å². The lowest BCUT2D eigenvalue weighted by Crippen LogP contribution is -2.39. The molecule has 0 saturated carbocycles. The van der Waals surface area contributed by atoms with Gasteiger partial charge in [0.25, 0.3) is 5.91 Å². The average molecular weight is 296 g/mol. The summed E-state index contributed by atoms with van der Waals surface area (Å²) in [7, 11) is 0. The largest absolute Gasteiger partial charge is 0.476 e. The first-order valence-electron chi connectivity index (χ1n) is 5.29. The molecular weight excluding hydrogens is 285 g/mol. The zero-order chi connectivity index (χ0) is 14.6. The molecule has 0 fully saturated rings. The molecule has 0 bridgehead atoms. The molecule has 0 aliphatic heterocycles. The molecule has 106 valence electrons. The molecule has 19 heavy (non-hydrogen) atoms. The van der Waals surface area contributed by atoms with E-state index in [2.05, 4.69) is 4.98 Å². The van der Waals surface area contributed by atoms with Gasteiger partial charge in [-0.15, -0.1) is 11.3 Å². The highest BCUT2D eigenvalue weighted by Crippen LogP contribution is 2.19. The van der Waals surface area contributed by atoms with Crippen LogP contribution in [0.25, 0.3) is 0 Å². The van der Waals surface area contributed by atoms with Gasteiger partial charge in [-0.1, -0.05) is 6.92 Å². The molecule has 0 spiro atoms. The van der Waals surface area contributed by atoms with Crippen molar-refractivity contribution in [3.8, 4) is 0 Å². The second-order valence-corrected chi connectivity index (χ2v) is 4.54. The Morgan fingerprint density at radius 3 is 2.53 bits per heavy atom. The summed E-state index contributed by atoms with van der Waals surface area (Å²) < 4.78 is 37.0. The van der Waals surface area contributed by atoms with Gasteiger partial charge in [-0.3, -0.25) is 4.79 Å². The number of hydrogen-bond acceptors (Lipinski definition) is 4. The lowest BCUT2D eigenvalue weighted by Gasteiger charge is -2.22. The quantitative estimate of drug-likeness (QED) is 0.904. The number of carbonyl (C=O) groups excluding carboxylic acids is 1. The van der Waals surface area contributed by atoms with E-state index in [4.69, 9.17) is 5.11 Å². The summed E-state index contributed by atoms with van der Waals surface area (Å²) in [5.74, 6) is -2.23. The minimum Gasteiger partial charge on any atom is -0.476 e. The number of rotatable bonds is 5. The molecule has 1 aromatic rings. The molecule has 1 rings (SSSR count). The maximum absolute atomic E-state index is 12.3. The number of aromatic nitrogens is 1. The molecule has 0 aliphatic carbocycles. The van der Waals surface area contributed by atoms with E-state index in [1.54, 1.807) is 6.92 Å². The fraction of sp³-hybridized carbons (Fsp3) is 0.500. The molecular formula is C10H11F3N2O3S. The number of aromatic carboxylic acids is 1. The van der Waals surface area contributed by atoms with Crippen LogP contribution in [0, 0.1) is 0 Å². The standard InChI is InChI=1S/C10H11F3N2O3S/c1-2-3-15(5-10(11,12)13)8(16)7-14-6(4-19-7)9(17)18/h4H,2-3,5H2,1H3,(H,17,18). The van der Waals surface area contributed by atoms with Gasteiger partial charge in [0.2, 0.25) is 0 Å². The number of carboxylic acids is 1. The number of halogens is 3. The molecule has 0 aromatic carbocycles. The third kappa shape index (κ3) is 4.51. The van der Waals surface area contributed by atoms with Crippen molar-refractivity contribution >= 4 is 23.2 Å². The van der Waals surface area contributed by atoms with E-state index >= 15 is 0 Å². The van der Waals surface area contributed by atoms with E-state index in [-0.39, 0.29) is 17.2 Å². The van der Waals surface area contributed by atoms with Crippen LogP contribution in [0.1, 0.15) is 33.6 Å². The molecule has 9 heteroatoms. The fourth-order valence-corrected chi connectivity index (χ4v) is 2.10. The Labute approximate surface area is 110 Å². The summed E-state index contributed by atoms with van der Waals surface area (Å²) in [5.41, 5.74) is -0.350. The van der Waals surface area contributed by atoms with E-state index in [1.165, 1.54) is 0 Å². The first-order valence-corrected chi connectivity index (χ1v) is 6.17. The molecule has 0 radical (unpaired) electrons. The van der Waals surface area contributed by atoms with E-state index in [0.717, 1.165) is 5.38 Å². The number of hydrogen-bond donors (Lipinski definition) is 1. The summed E-state index contributed by atoms with van der Waals surface area (Å²) in [4.78, 5) is 26.5. The van der Waals surface area contributed by atoms with Gasteiger partial charge in [0.05, 0.1) is 0 Å². The number of nitrogens with zero attached hydrogens (tertiary/aromatic N) is 2. The van der Waals surface area contributed by atoms with Crippen LogP contribution in [0.3, 0.4) is 0 Å². The van der Waals surface area contributed by atoms with Gasteiger partial charge in [-0.2, -0.15) is 13.2 Å². The van der Waals surface area contributed by atoms with Crippen molar-refractivity contribution in [1.82, 2.24) is 9.88 Å². The van der Waals surface area contributed by atoms with Crippen LogP contribution >= 0.6 is 11.3 Å². The normalized spacial score (nSPS) is 11.4. The molecule has 1 heterocycles. The summed E-state index contributed by atoms with van der Waals surface area (Å²) in [5, 5.41) is 9.51. The Kier molecular flexibility index (Phi) is 4.87. The molecule has 0 atom stereocenters. The van der Waals surface area contributed by atoms with Crippen molar-refractivity contribution in [3.63, 3.8) is 0 Å². The predicted molar refractivity (Wildman–Crippen MR) is 61.3 cm³/mol. The highest BCUT2D eigenvalue weighted by Gasteiger charge is 2.33. The minimum atomic E-state index is -4.50. The van der Waals surface area contributed by atoms with E-state index in [0.29, 0.717) is 22.7 Å².